The van der Waals surface area contributed by atoms with Crippen molar-refractivity contribution in [2.24, 2.45) is 0 Å². The van der Waals surface area contributed by atoms with Crippen molar-refractivity contribution < 1.29 is 13.5 Å². The summed E-state index contributed by atoms with van der Waals surface area (Å²) in [5.74, 6) is 0.772. The maximum atomic E-state index is 12.7. The van der Waals surface area contributed by atoms with E-state index in [-0.39, 0.29) is 12.6 Å². The van der Waals surface area contributed by atoms with Crippen molar-refractivity contribution >= 4 is 10.9 Å². The van der Waals surface area contributed by atoms with E-state index in [0.29, 0.717) is 0 Å². The minimum Gasteiger partial charge on any atom is -0.490 e. The van der Waals surface area contributed by atoms with Crippen LogP contribution in [0.3, 0.4) is 0 Å². The van der Waals surface area contributed by atoms with Crippen molar-refractivity contribution in [3.05, 3.63) is 54.2 Å². The van der Waals surface area contributed by atoms with Crippen LogP contribution in [0.15, 0.2) is 42.9 Å². The molecule has 1 aliphatic rings. The van der Waals surface area contributed by atoms with Gasteiger partial charge in [-0.1, -0.05) is 6.07 Å². The Hall–Kier alpha value is -2.54. The van der Waals surface area contributed by atoms with Gasteiger partial charge in [-0.15, -0.1) is 0 Å². The number of rotatable bonds is 6. The lowest BCUT2D eigenvalue weighted by Gasteiger charge is -2.32. The van der Waals surface area contributed by atoms with Crippen molar-refractivity contribution in [3.63, 3.8) is 0 Å². The van der Waals surface area contributed by atoms with Crippen molar-refractivity contribution in [3.8, 4) is 5.75 Å². The predicted molar refractivity (Wildman–Crippen MR) is 104 cm³/mol. The molecule has 0 amide bonds. The normalized spacial score (nSPS) is 16.1. The van der Waals surface area contributed by atoms with E-state index in [1.807, 2.05) is 37.4 Å². The molecule has 0 N–H and O–H groups in total. The van der Waals surface area contributed by atoms with Gasteiger partial charge in [0.2, 0.25) is 0 Å². The Morgan fingerprint density at radius 3 is 2.68 bits per heavy atom. The summed E-state index contributed by atoms with van der Waals surface area (Å²) in [5.41, 5.74) is 2.69. The number of likely N-dealkylation sites (tertiary alicyclic amines) is 1. The highest BCUT2D eigenvalue weighted by Crippen LogP contribution is 2.29. The smallest absolute Gasteiger partial charge is 0.256 e. The molecule has 2 aromatic heterocycles. The number of aromatic nitrogens is 3. The van der Waals surface area contributed by atoms with Crippen molar-refractivity contribution in [2.45, 2.75) is 45.4 Å². The number of ether oxygens (including phenoxy) is 1. The molecule has 148 valence electrons. The molecule has 7 heteroatoms. The van der Waals surface area contributed by atoms with Gasteiger partial charge in [-0.2, -0.15) is 0 Å². The molecule has 1 aliphatic heterocycles. The molecule has 5 nitrogen and oxygen atoms in total. The Morgan fingerprint density at radius 2 is 1.96 bits per heavy atom. The second kappa shape index (κ2) is 8.22. The van der Waals surface area contributed by atoms with Crippen molar-refractivity contribution in [1.82, 2.24) is 19.4 Å². The standard InChI is InChI=1S/C21H24F2N4O/c1-15-11-25-16(12-24-15)13-26-8-5-17(6-9-26)28-20-4-2-3-19-18(20)7-10-27(19)14-21(22)23/h2-4,7,10-12,17,21H,5-6,8-9,13-14H2,1H3. The molecule has 0 saturated carbocycles. The second-order valence-electron chi connectivity index (χ2n) is 7.29. The highest BCUT2D eigenvalue weighted by atomic mass is 19.3. The number of hydrogen-bond acceptors (Lipinski definition) is 4. The van der Waals surface area contributed by atoms with E-state index in [9.17, 15) is 8.78 Å². The molecule has 1 fully saturated rings. The summed E-state index contributed by atoms with van der Waals surface area (Å²) in [7, 11) is 0. The number of fused-ring (bicyclic) bond motifs is 1. The van der Waals surface area contributed by atoms with Crippen LogP contribution in [0.25, 0.3) is 10.9 Å². The number of hydrogen-bond donors (Lipinski definition) is 0. The zero-order valence-electron chi connectivity index (χ0n) is 15.9. The largest absolute Gasteiger partial charge is 0.490 e. The topological polar surface area (TPSA) is 43.2 Å². The van der Waals surface area contributed by atoms with Crippen LogP contribution in [-0.2, 0) is 13.1 Å². The molecule has 0 aliphatic carbocycles. The molecule has 0 bridgehead atoms. The first kappa shape index (κ1) is 18.8. The number of halogens is 2. The van der Waals surface area contributed by atoms with Gasteiger partial charge in [-0.25, -0.2) is 8.78 Å². The van der Waals surface area contributed by atoms with Gasteiger partial charge in [-0.05, 0) is 38.0 Å². The monoisotopic (exact) mass is 386 g/mol. The van der Waals surface area contributed by atoms with E-state index in [1.165, 1.54) is 0 Å². The average molecular weight is 386 g/mol. The SMILES string of the molecule is Cc1cnc(CN2CCC(Oc3cccc4c3ccn4CC(F)F)CC2)cn1. The Bertz CT molecular complexity index is 918. The number of alkyl halides is 2. The van der Waals surface area contributed by atoms with Gasteiger partial charge in [0, 0.05) is 43.6 Å². The highest BCUT2D eigenvalue weighted by molar-refractivity contribution is 5.86. The Labute approximate surface area is 163 Å². The minimum absolute atomic E-state index is 0.129. The Balaban J connectivity index is 1.37. The third-order valence-electron chi connectivity index (χ3n) is 5.16. The number of nitrogens with zero attached hydrogens (tertiary/aromatic N) is 4. The number of aryl methyl sites for hydroxylation is 1. The van der Waals surface area contributed by atoms with Crippen LogP contribution in [0.2, 0.25) is 0 Å². The van der Waals surface area contributed by atoms with E-state index >= 15 is 0 Å². The molecule has 3 heterocycles. The number of benzene rings is 1. The number of piperidine rings is 1. The molecule has 3 aromatic rings. The first-order valence-corrected chi connectivity index (χ1v) is 9.61. The summed E-state index contributed by atoms with van der Waals surface area (Å²) >= 11 is 0. The maximum Gasteiger partial charge on any atom is 0.256 e. The van der Waals surface area contributed by atoms with E-state index in [4.69, 9.17) is 4.74 Å². The summed E-state index contributed by atoms with van der Waals surface area (Å²) in [6.45, 7) is 4.30. The fourth-order valence-corrected chi connectivity index (χ4v) is 3.70. The first-order valence-electron chi connectivity index (χ1n) is 9.61. The quantitative estimate of drug-likeness (QED) is 0.641. The summed E-state index contributed by atoms with van der Waals surface area (Å²) in [5, 5.41) is 0.889. The summed E-state index contributed by atoms with van der Waals surface area (Å²) in [6, 6.07) is 7.50. The van der Waals surface area contributed by atoms with Crippen LogP contribution in [0.4, 0.5) is 8.78 Å². The lowest BCUT2D eigenvalue weighted by Crippen LogP contribution is -2.38. The lowest BCUT2D eigenvalue weighted by molar-refractivity contribution is 0.0972. The Kier molecular flexibility index (Phi) is 5.52. The van der Waals surface area contributed by atoms with Gasteiger partial charge in [0.25, 0.3) is 6.43 Å². The summed E-state index contributed by atoms with van der Waals surface area (Å²) < 4.78 is 33.3. The molecule has 0 atom stereocenters. The van der Waals surface area contributed by atoms with Gasteiger partial charge in [-0.3, -0.25) is 14.9 Å². The van der Waals surface area contributed by atoms with Crippen LogP contribution in [0.5, 0.6) is 5.75 Å². The molecule has 0 spiro atoms. The van der Waals surface area contributed by atoms with Crippen molar-refractivity contribution in [1.29, 1.82) is 0 Å². The van der Waals surface area contributed by atoms with Gasteiger partial charge in [0.05, 0.1) is 23.4 Å². The van der Waals surface area contributed by atoms with Crippen molar-refractivity contribution in [2.75, 3.05) is 13.1 Å². The van der Waals surface area contributed by atoms with Gasteiger partial charge < -0.3 is 9.30 Å². The molecule has 1 saturated heterocycles. The second-order valence-corrected chi connectivity index (χ2v) is 7.29. The molecule has 0 radical (unpaired) electrons. The first-order chi connectivity index (χ1) is 13.6. The average Bonchev–Trinajstić information content (AvgIpc) is 3.08. The van der Waals surface area contributed by atoms with Crippen LogP contribution in [0.1, 0.15) is 24.2 Å². The fourth-order valence-electron chi connectivity index (χ4n) is 3.70. The van der Waals surface area contributed by atoms with Crippen LogP contribution < -0.4 is 4.74 Å². The van der Waals surface area contributed by atoms with E-state index in [1.54, 1.807) is 17.0 Å². The molecule has 0 unspecified atom stereocenters. The summed E-state index contributed by atoms with van der Waals surface area (Å²) in [4.78, 5) is 11.1. The van der Waals surface area contributed by atoms with E-state index in [2.05, 4.69) is 14.9 Å². The molecule has 28 heavy (non-hydrogen) atoms. The van der Waals surface area contributed by atoms with Gasteiger partial charge in [0.15, 0.2) is 0 Å². The highest BCUT2D eigenvalue weighted by Gasteiger charge is 2.22. The van der Waals surface area contributed by atoms with Gasteiger partial charge in [0.1, 0.15) is 11.9 Å². The molecule has 4 rings (SSSR count). The molecular formula is C21H24F2N4O. The van der Waals surface area contributed by atoms with E-state index in [0.717, 1.165) is 60.5 Å². The lowest BCUT2D eigenvalue weighted by atomic mass is 10.1. The zero-order chi connectivity index (χ0) is 19.5. The summed E-state index contributed by atoms with van der Waals surface area (Å²) in [6.07, 6.45) is 4.94. The van der Waals surface area contributed by atoms with E-state index < -0.39 is 6.43 Å². The molecule has 1 aromatic carbocycles. The van der Waals surface area contributed by atoms with Gasteiger partial charge >= 0.3 is 0 Å². The van der Waals surface area contributed by atoms with Crippen LogP contribution in [-0.4, -0.2) is 45.1 Å². The minimum atomic E-state index is -2.37. The predicted octanol–water partition coefficient (Wildman–Crippen LogP) is 4.05. The van der Waals surface area contributed by atoms with Crippen LogP contribution >= 0.6 is 0 Å². The fraction of sp³-hybridized carbons (Fsp3) is 0.429. The third-order valence-corrected chi connectivity index (χ3v) is 5.16. The van der Waals surface area contributed by atoms with Crippen LogP contribution in [0, 0.1) is 6.92 Å². The third kappa shape index (κ3) is 4.30. The zero-order valence-corrected chi connectivity index (χ0v) is 15.9. The Morgan fingerprint density at radius 1 is 1.14 bits per heavy atom. The molecular weight excluding hydrogens is 362 g/mol. The maximum absolute atomic E-state index is 12.7.